The van der Waals surface area contributed by atoms with Crippen molar-refractivity contribution in [1.29, 1.82) is 0 Å². The number of carbonyl (C=O) groups is 2. The molecule has 1 aromatic carbocycles. The van der Waals surface area contributed by atoms with Crippen molar-refractivity contribution >= 4 is 40.3 Å². The van der Waals surface area contributed by atoms with E-state index >= 15 is 0 Å². The third kappa shape index (κ3) is 7.45. The van der Waals surface area contributed by atoms with E-state index in [0.29, 0.717) is 22.4 Å². The molecule has 0 saturated carbocycles. The first-order chi connectivity index (χ1) is 9.40. The topological polar surface area (TPSA) is 55.8 Å². The van der Waals surface area contributed by atoms with Gasteiger partial charge in [-0.2, -0.15) is 0 Å². The van der Waals surface area contributed by atoms with Gasteiger partial charge in [0.2, 0.25) is 0 Å². The molecule has 0 fully saturated rings. The highest BCUT2D eigenvalue weighted by atomic mass is 79.9. The zero-order valence-corrected chi connectivity index (χ0v) is 14.6. The maximum absolute atomic E-state index is 11.8. The van der Waals surface area contributed by atoms with Crippen LogP contribution in [0.4, 0.5) is 0 Å². The zero-order chi connectivity index (χ0) is 15.1. The molecule has 0 atom stereocenters. The van der Waals surface area contributed by atoms with Crippen molar-refractivity contribution in [1.82, 2.24) is 4.90 Å². The molecule has 0 bridgehead atoms. The van der Waals surface area contributed by atoms with Crippen molar-refractivity contribution in [2.24, 2.45) is 0 Å². The van der Waals surface area contributed by atoms with Gasteiger partial charge in [-0.15, -0.1) is 12.4 Å². The normalized spacial score (nSPS) is 9.95. The molecule has 0 spiro atoms. The number of nitrogens with zero attached hydrogens (tertiary/aromatic N) is 1. The average molecular weight is 381 g/mol. The van der Waals surface area contributed by atoms with Gasteiger partial charge in [0.1, 0.15) is 5.75 Å². The highest BCUT2D eigenvalue weighted by Crippen LogP contribution is 2.26. The third-order valence-electron chi connectivity index (χ3n) is 2.40. The smallest absolute Gasteiger partial charge is 0.338 e. The fourth-order valence-corrected chi connectivity index (χ4v) is 1.95. The van der Waals surface area contributed by atoms with Crippen molar-refractivity contribution in [3.63, 3.8) is 0 Å². The minimum atomic E-state index is -0.412. The molecule has 0 aliphatic heterocycles. The second kappa shape index (κ2) is 9.76. The first-order valence-corrected chi connectivity index (χ1v) is 6.99. The lowest BCUT2D eigenvalue weighted by Gasteiger charge is -2.10. The summed E-state index contributed by atoms with van der Waals surface area (Å²) >= 11 is 3.25. The van der Waals surface area contributed by atoms with E-state index in [-0.39, 0.29) is 18.4 Å². The monoisotopic (exact) mass is 379 g/mol. The predicted molar refractivity (Wildman–Crippen MR) is 86.2 cm³/mol. The van der Waals surface area contributed by atoms with Crippen LogP contribution in [-0.4, -0.2) is 44.1 Å². The highest BCUT2D eigenvalue weighted by Gasteiger charge is 2.11. The van der Waals surface area contributed by atoms with Gasteiger partial charge < -0.3 is 14.4 Å². The molecule has 0 N–H and O–H groups in total. The predicted octanol–water partition coefficient (Wildman–Crippen LogP) is 2.90. The Balaban J connectivity index is 0.00000400. The Morgan fingerprint density at radius 2 is 1.95 bits per heavy atom. The number of carbonyl (C=O) groups excluding carboxylic acids is 2. The number of hydrogen-bond acceptors (Lipinski definition) is 5. The van der Waals surface area contributed by atoms with Gasteiger partial charge >= 0.3 is 11.9 Å². The van der Waals surface area contributed by atoms with Crippen LogP contribution < -0.4 is 4.74 Å². The molecule has 1 aromatic rings. The SMILES string of the molecule is CC(=O)Oc1ccc(C(=O)OCCCN(C)C)cc1Br.Cl. The fourth-order valence-electron chi connectivity index (χ4n) is 1.49. The second-order valence-corrected chi connectivity index (χ2v) is 5.39. The van der Waals surface area contributed by atoms with Crippen molar-refractivity contribution in [3.8, 4) is 5.75 Å². The Hall–Kier alpha value is -1.11. The van der Waals surface area contributed by atoms with Crippen LogP contribution in [0.2, 0.25) is 0 Å². The summed E-state index contributed by atoms with van der Waals surface area (Å²) in [5.41, 5.74) is 0.414. The van der Waals surface area contributed by atoms with E-state index in [4.69, 9.17) is 9.47 Å². The standard InChI is InChI=1S/C14H18BrNO4.ClH/c1-10(17)20-13-6-5-11(9-12(13)15)14(18)19-8-4-7-16(2)3;/h5-6,9H,4,7-8H2,1-3H3;1H. The summed E-state index contributed by atoms with van der Waals surface area (Å²) < 4.78 is 10.7. The van der Waals surface area contributed by atoms with Gasteiger partial charge in [-0.3, -0.25) is 4.79 Å². The van der Waals surface area contributed by atoms with E-state index in [1.54, 1.807) is 18.2 Å². The minimum absolute atomic E-state index is 0. The summed E-state index contributed by atoms with van der Waals surface area (Å²) in [4.78, 5) is 24.7. The molecule has 7 heteroatoms. The molecule has 0 aromatic heterocycles. The Morgan fingerprint density at radius 3 is 2.48 bits per heavy atom. The molecule has 5 nitrogen and oxygen atoms in total. The van der Waals surface area contributed by atoms with Crippen LogP contribution in [0.5, 0.6) is 5.75 Å². The molecule has 0 heterocycles. The molecule has 0 saturated heterocycles. The van der Waals surface area contributed by atoms with Crippen molar-refractivity contribution in [2.75, 3.05) is 27.2 Å². The van der Waals surface area contributed by atoms with Crippen LogP contribution in [0, 0.1) is 0 Å². The number of esters is 2. The maximum Gasteiger partial charge on any atom is 0.338 e. The number of benzene rings is 1. The van der Waals surface area contributed by atoms with Crippen LogP contribution >= 0.6 is 28.3 Å². The first kappa shape index (κ1) is 19.9. The number of rotatable bonds is 6. The highest BCUT2D eigenvalue weighted by molar-refractivity contribution is 9.10. The average Bonchev–Trinajstić information content (AvgIpc) is 2.36. The summed E-state index contributed by atoms with van der Waals surface area (Å²) in [6.45, 7) is 2.56. The van der Waals surface area contributed by atoms with E-state index in [1.165, 1.54) is 6.92 Å². The van der Waals surface area contributed by atoms with Gasteiger partial charge in [0.05, 0.1) is 16.6 Å². The Morgan fingerprint density at radius 1 is 1.29 bits per heavy atom. The maximum atomic E-state index is 11.8. The summed E-state index contributed by atoms with van der Waals surface area (Å²) in [5.74, 6) is -0.426. The summed E-state index contributed by atoms with van der Waals surface area (Å²) in [5, 5.41) is 0. The van der Waals surface area contributed by atoms with E-state index in [2.05, 4.69) is 15.9 Å². The third-order valence-corrected chi connectivity index (χ3v) is 3.02. The number of hydrogen-bond donors (Lipinski definition) is 0. The lowest BCUT2D eigenvalue weighted by atomic mass is 10.2. The van der Waals surface area contributed by atoms with Gasteiger partial charge in [0, 0.05) is 13.5 Å². The van der Waals surface area contributed by atoms with Crippen molar-refractivity contribution < 1.29 is 19.1 Å². The van der Waals surface area contributed by atoms with E-state index in [1.807, 2.05) is 19.0 Å². The largest absolute Gasteiger partial charge is 0.462 e. The first-order valence-electron chi connectivity index (χ1n) is 6.20. The quantitative estimate of drug-likeness (QED) is 0.431. The van der Waals surface area contributed by atoms with Gasteiger partial charge in [-0.25, -0.2) is 4.79 Å². The Kier molecular flexibility index (Phi) is 9.24. The molecule has 1 rings (SSSR count). The zero-order valence-electron chi connectivity index (χ0n) is 12.2. The van der Waals surface area contributed by atoms with Gasteiger partial charge in [-0.05, 0) is 54.6 Å². The molecule has 118 valence electrons. The Labute approximate surface area is 139 Å². The molecular weight excluding hydrogens is 362 g/mol. The van der Waals surface area contributed by atoms with Crippen LogP contribution in [0.15, 0.2) is 22.7 Å². The van der Waals surface area contributed by atoms with E-state index in [0.717, 1.165) is 13.0 Å². The molecule has 0 radical (unpaired) electrons. The molecule has 0 unspecified atom stereocenters. The molecule has 0 aliphatic rings. The lowest BCUT2D eigenvalue weighted by Crippen LogP contribution is -2.16. The number of ether oxygens (including phenoxy) is 2. The second-order valence-electron chi connectivity index (χ2n) is 4.53. The van der Waals surface area contributed by atoms with Gasteiger partial charge in [0.15, 0.2) is 0 Å². The van der Waals surface area contributed by atoms with Crippen LogP contribution in [-0.2, 0) is 9.53 Å². The van der Waals surface area contributed by atoms with Crippen molar-refractivity contribution in [3.05, 3.63) is 28.2 Å². The molecule has 0 aliphatic carbocycles. The molecule has 0 amide bonds. The van der Waals surface area contributed by atoms with Crippen LogP contribution in [0.1, 0.15) is 23.7 Å². The van der Waals surface area contributed by atoms with E-state index < -0.39 is 5.97 Å². The summed E-state index contributed by atoms with van der Waals surface area (Å²) in [6, 6.07) is 4.70. The molecular formula is C14H19BrClNO4. The molecule has 21 heavy (non-hydrogen) atoms. The lowest BCUT2D eigenvalue weighted by molar-refractivity contribution is -0.131. The summed E-state index contributed by atoms with van der Waals surface area (Å²) in [6.07, 6.45) is 0.783. The van der Waals surface area contributed by atoms with Crippen molar-refractivity contribution in [2.45, 2.75) is 13.3 Å². The fraction of sp³-hybridized carbons (Fsp3) is 0.429. The van der Waals surface area contributed by atoms with Gasteiger partial charge in [-0.1, -0.05) is 0 Å². The van der Waals surface area contributed by atoms with Crippen LogP contribution in [0.3, 0.4) is 0 Å². The number of halogens is 2. The Bertz CT molecular complexity index is 494. The van der Waals surface area contributed by atoms with E-state index in [9.17, 15) is 9.59 Å². The summed E-state index contributed by atoms with van der Waals surface area (Å²) in [7, 11) is 3.93. The minimum Gasteiger partial charge on any atom is -0.462 e. The van der Waals surface area contributed by atoms with Crippen LogP contribution in [0.25, 0.3) is 0 Å². The van der Waals surface area contributed by atoms with Gasteiger partial charge in [0.25, 0.3) is 0 Å².